The summed E-state index contributed by atoms with van der Waals surface area (Å²) in [5.41, 5.74) is 0.725. The molecule has 0 bridgehead atoms. The van der Waals surface area contributed by atoms with E-state index in [4.69, 9.17) is 16.1 Å². The fourth-order valence-electron chi connectivity index (χ4n) is 1.85. The first kappa shape index (κ1) is 15.0. The maximum atomic E-state index is 12.0. The minimum Gasteiger partial charge on any atom is -0.387 e. The molecule has 0 saturated heterocycles. The largest absolute Gasteiger partial charge is 0.387 e. The first-order valence-electron chi connectivity index (χ1n) is 5.92. The van der Waals surface area contributed by atoms with Crippen LogP contribution in [-0.4, -0.2) is 24.4 Å². The smallest absolute Gasteiger partial charge is 0.159 e. The van der Waals surface area contributed by atoms with Gasteiger partial charge >= 0.3 is 0 Å². The van der Waals surface area contributed by atoms with E-state index in [1.165, 1.54) is 0 Å². The van der Waals surface area contributed by atoms with Gasteiger partial charge in [-0.2, -0.15) is 0 Å². The third-order valence-corrected chi connectivity index (χ3v) is 4.62. The second kappa shape index (κ2) is 5.95. The molecule has 0 aliphatic carbocycles. The van der Waals surface area contributed by atoms with Gasteiger partial charge in [-0.05, 0) is 13.0 Å². The Balaban J connectivity index is 2.10. The zero-order valence-corrected chi connectivity index (χ0v) is 12.4. The van der Waals surface area contributed by atoms with Gasteiger partial charge in [0, 0.05) is 16.7 Å². The number of hydrogen-bond donors (Lipinski definition) is 1. The van der Waals surface area contributed by atoms with Crippen molar-refractivity contribution in [3.63, 3.8) is 0 Å². The monoisotopic (exact) mass is 315 g/mol. The molecule has 2 aromatic rings. The molecule has 1 atom stereocenters. The molecule has 0 saturated carbocycles. The Labute approximate surface area is 122 Å². The number of nitrogens with zero attached hydrogens (tertiary/aromatic N) is 1. The van der Waals surface area contributed by atoms with Gasteiger partial charge in [-0.25, -0.2) is 8.42 Å². The van der Waals surface area contributed by atoms with Crippen LogP contribution in [0.1, 0.15) is 23.1 Å². The molecule has 7 heteroatoms. The van der Waals surface area contributed by atoms with Crippen LogP contribution in [0.25, 0.3) is 0 Å². The van der Waals surface area contributed by atoms with Gasteiger partial charge in [0.1, 0.15) is 5.76 Å². The number of aliphatic hydroxyl groups excluding tert-OH is 1. The average molecular weight is 316 g/mol. The molecule has 2 rings (SSSR count). The van der Waals surface area contributed by atoms with Crippen LogP contribution in [0.5, 0.6) is 0 Å². The first-order valence-corrected chi connectivity index (χ1v) is 8.12. The van der Waals surface area contributed by atoms with Crippen LogP contribution in [0.2, 0.25) is 5.02 Å². The van der Waals surface area contributed by atoms with Gasteiger partial charge in [0.05, 0.1) is 23.3 Å². The number of halogens is 1. The van der Waals surface area contributed by atoms with E-state index in [1.54, 1.807) is 37.3 Å². The van der Waals surface area contributed by atoms with Crippen LogP contribution in [0, 0.1) is 6.92 Å². The molecule has 0 spiro atoms. The highest BCUT2D eigenvalue weighted by molar-refractivity contribution is 7.90. The van der Waals surface area contributed by atoms with Gasteiger partial charge in [-0.1, -0.05) is 35.0 Å². The molecule has 108 valence electrons. The molecule has 0 fully saturated rings. The summed E-state index contributed by atoms with van der Waals surface area (Å²) in [6, 6.07) is 8.17. The quantitative estimate of drug-likeness (QED) is 0.915. The Hall–Kier alpha value is -1.37. The van der Waals surface area contributed by atoms with Gasteiger partial charge in [0.25, 0.3) is 0 Å². The van der Waals surface area contributed by atoms with E-state index in [-0.39, 0.29) is 5.75 Å². The molecule has 0 amide bonds. The molecular formula is C13H14ClNO4S. The molecule has 0 radical (unpaired) electrons. The average Bonchev–Trinajstić information content (AvgIpc) is 2.73. The van der Waals surface area contributed by atoms with E-state index in [1.807, 2.05) is 0 Å². The van der Waals surface area contributed by atoms with Gasteiger partial charge in [0.15, 0.2) is 9.84 Å². The number of hydrogen-bond acceptors (Lipinski definition) is 5. The molecule has 1 aromatic heterocycles. The summed E-state index contributed by atoms with van der Waals surface area (Å²) in [7, 11) is -3.52. The summed E-state index contributed by atoms with van der Waals surface area (Å²) in [4.78, 5) is 0. The minimum absolute atomic E-state index is 0.272. The van der Waals surface area contributed by atoms with Crippen molar-refractivity contribution in [3.8, 4) is 0 Å². The highest BCUT2D eigenvalue weighted by Crippen LogP contribution is 2.24. The summed E-state index contributed by atoms with van der Waals surface area (Å²) < 4.78 is 28.9. The molecule has 5 nitrogen and oxygen atoms in total. The highest BCUT2D eigenvalue weighted by Gasteiger charge is 2.22. The second-order valence-electron chi connectivity index (χ2n) is 4.52. The predicted molar refractivity (Wildman–Crippen MR) is 75.1 cm³/mol. The van der Waals surface area contributed by atoms with E-state index in [0.717, 1.165) is 0 Å². The van der Waals surface area contributed by atoms with Gasteiger partial charge in [0.2, 0.25) is 0 Å². The van der Waals surface area contributed by atoms with Gasteiger partial charge in [-0.15, -0.1) is 0 Å². The Morgan fingerprint density at radius 2 is 2.10 bits per heavy atom. The van der Waals surface area contributed by atoms with Gasteiger partial charge in [-0.3, -0.25) is 0 Å². The highest BCUT2D eigenvalue weighted by atomic mass is 35.5. The Kier molecular flexibility index (Phi) is 4.47. The maximum absolute atomic E-state index is 12.0. The van der Waals surface area contributed by atoms with Crippen molar-refractivity contribution < 1.29 is 18.0 Å². The van der Waals surface area contributed by atoms with Crippen LogP contribution in [0.4, 0.5) is 0 Å². The van der Waals surface area contributed by atoms with Gasteiger partial charge < -0.3 is 9.63 Å². The number of sulfone groups is 1. The molecular weight excluding hydrogens is 302 g/mol. The van der Waals surface area contributed by atoms with E-state index in [9.17, 15) is 13.5 Å². The molecule has 0 aliphatic heterocycles. The summed E-state index contributed by atoms with van der Waals surface area (Å²) in [6.45, 7) is 1.68. The normalized spacial score (nSPS) is 13.3. The first-order chi connectivity index (χ1) is 9.37. The van der Waals surface area contributed by atoms with Crippen LogP contribution < -0.4 is 0 Å². The van der Waals surface area contributed by atoms with Crippen molar-refractivity contribution >= 4 is 21.4 Å². The number of aryl methyl sites for hydroxylation is 1. The number of aliphatic hydroxyl groups is 1. The lowest BCUT2D eigenvalue weighted by Gasteiger charge is -2.12. The van der Waals surface area contributed by atoms with Crippen molar-refractivity contribution in [2.45, 2.75) is 18.8 Å². The van der Waals surface area contributed by atoms with E-state index < -0.39 is 21.7 Å². The van der Waals surface area contributed by atoms with Crippen molar-refractivity contribution in [2.75, 3.05) is 5.75 Å². The topological polar surface area (TPSA) is 80.4 Å². The molecule has 1 unspecified atom stereocenters. The molecule has 0 aliphatic rings. The van der Waals surface area contributed by atoms with Crippen molar-refractivity contribution in [1.82, 2.24) is 5.16 Å². The lowest BCUT2D eigenvalue weighted by Crippen LogP contribution is -2.16. The van der Waals surface area contributed by atoms with Crippen LogP contribution in [0.3, 0.4) is 0 Å². The van der Waals surface area contributed by atoms with Crippen molar-refractivity contribution in [2.24, 2.45) is 0 Å². The third kappa shape index (κ3) is 3.82. The van der Waals surface area contributed by atoms with Crippen LogP contribution in [-0.2, 0) is 15.6 Å². The Morgan fingerprint density at radius 1 is 1.40 bits per heavy atom. The molecule has 1 N–H and O–H groups in total. The number of aromatic nitrogens is 1. The fraction of sp³-hybridized carbons (Fsp3) is 0.308. The van der Waals surface area contributed by atoms with Crippen molar-refractivity contribution in [1.29, 1.82) is 0 Å². The summed E-state index contributed by atoms with van der Waals surface area (Å²) in [5.74, 6) is -0.143. The zero-order chi connectivity index (χ0) is 14.8. The summed E-state index contributed by atoms with van der Waals surface area (Å²) in [6.07, 6.45) is -1.17. The molecule has 1 heterocycles. The Morgan fingerprint density at radius 3 is 2.70 bits per heavy atom. The van der Waals surface area contributed by atoms with Crippen LogP contribution >= 0.6 is 11.6 Å². The van der Waals surface area contributed by atoms with E-state index in [0.29, 0.717) is 22.0 Å². The van der Waals surface area contributed by atoms with Crippen LogP contribution in [0.15, 0.2) is 34.9 Å². The standard InChI is InChI=1S/C13H14ClNO4S/c1-9-6-10(15-19-9)7-20(17,18)8-13(16)11-4-2-3-5-12(11)14/h2-6,13,16H,7-8H2,1H3. The molecule has 20 heavy (non-hydrogen) atoms. The predicted octanol–water partition coefficient (Wildman–Crippen LogP) is 2.28. The number of rotatable bonds is 5. The zero-order valence-electron chi connectivity index (χ0n) is 10.8. The lowest BCUT2D eigenvalue weighted by molar-refractivity contribution is 0.201. The van der Waals surface area contributed by atoms with E-state index in [2.05, 4.69) is 5.16 Å². The van der Waals surface area contributed by atoms with E-state index >= 15 is 0 Å². The lowest BCUT2D eigenvalue weighted by atomic mass is 10.1. The summed E-state index contributed by atoms with van der Waals surface area (Å²) >= 11 is 5.93. The second-order valence-corrected chi connectivity index (χ2v) is 7.04. The Bertz CT molecular complexity index is 696. The SMILES string of the molecule is Cc1cc(CS(=O)(=O)CC(O)c2ccccc2Cl)no1. The molecule has 1 aromatic carbocycles. The maximum Gasteiger partial charge on any atom is 0.159 e. The van der Waals surface area contributed by atoms with Crippen molar-refractivity contribution in [3.05, 3.63) is 52.4 Å². The number of benzene rings is 1. The third-order valence-electron chi connectivity index (χ3n) is 2.72. The fourth-order valence-corrected chi connectivity index (χ4v) is 3.47. The minimum atomic E-state index is -3.52. The summed E-state index contributed by atoms with van der Waals surface area (Å²) in [5, 5.41) is 14.0.